The van der Waals surface area contributed by atoms with Gasteiger partial charge in [0.25, 0.3) is 11.1 Å². The maximum atomic E-state index is 12.5. The SMILES string of the molecule is COc1cccc(CC(=O)NCCN2C(=O)SC(=Cc3ccc(Cl)cc3)C2=O)c1. The summed E-state index contributed by atoms with van der Waals surface area (Å²) in [6.45, 7) is 0.307. The molecule has 150 valence electrons. The monoisotopic (exact) mass is 430 g/mol. The third kappa shape index (κ3) is 5.62. The first-order valence-corrected chi connectivity index (χ1v) is 10.1. The summed E-state index contributed by atoms with van der Waals surface area (Å²) in [5, 5.41) is 2.99. The van der Waals surface area contributed by atoms with Gasteiger partial charge in [-0.2, -0.15) is 0 Å². The molecule has 0 aliphatic carbocycles. The molecule has 0 unspecified atom stereocenters. The Labute approximate surface area is 177 Å². The minimum absolute atomic E-state index is 0.118. The molecule has 1 fully saturated rings. The number of halogens is 1. The van der Waals surface area contributed by atoms with Crippen LogP contribution in [0.1, 0.15) is 11.1 Å². The Morgan fingerprint density at radius 2 is 1.97 bits per heavy atom. The van der Waals surface area contributed by atoms with E-state index in [2.05, 4.69) is 5.32 Å². The van der Waals surface area contributed by atoms with Gasteiger partial charge in [-0.15, -0.1) is 0 Å². The Bertz CT molecular complexity index is 959. The average molecular weight is 431 g/mol. The van der Waals surface area contributed by atoms with E-state index in [4.69, 9.17) is 16.3 Å². The number of nitrogens with zero attached hydrogens (tertiary/aromatic N) is 1. The fraction of sp³-hybridized carbons (Fsp3) is 0.190. The molecular formula is C21H19ClN2O4S. The smallest absolute Gasteiger partial charge is 0.293 e. The molecule has 0 atom stereocenters. The van der Waals surface area contributed by atoms with Crippen LogP contribution in [0.25, 0.3) is 6.08 Å². The molecule has 1 saturated heterocycles. The van der Waals surface area contributed by atoms with E-state index >= 15 is 0 Å². The summed E-state index contributed by atoms with van der Waals surface area (Å²) < 4.78 is 5.14. The van der Waals surface area contributed by atoms with Gasteiger partial charge < -0.3 is 10.1 Å². The number of carbonyl (C=O) groups excluding carboxylic acids is 3. The maximum absolute atomic E-state index is 12.5. The lowest BCUT2D eigenvalue weighted by atomic mass is 10.1. The minimum Gasteiger partial charge on any atom is -0.497 e. The average Bonchev–Trinajstić information content (AvgIpc) is 2.97. The van der Waals surface area contributed by atoms with Crippen molar-refractivity contribution in [2.45, 2.75) is 6.42 Å². The number of benzene rings is 2. The van der Waals surface area contributed by atoms with Crippen LogP contribution in [0.3, 0.4) is 0 Å². The van der Waals surface area contributed by atoms with Crippen molar-refractivity contribution in [3.63, 3.8) is 0 Å². The van der Waals surface area contributed by atoms with E-state index in [9.17, 15) is 14.4 Å². The second-order valence-electron chi connectivity index (χ2n) is 6.26. The lowest BCUT2D eigenvalue weighted by Crippen LogP contribution is -2.37. The zero-order valence-electron chi connectivity index (χ0n) is 15.7. The molecule has 1 aliphatic heterocycles. The van der Waals surface area contributed by atoms with Gasteiger partial charge in [0.2, 0.25) is 5.91 Å². The molecule has 2 aromatic carbocycles. The second kappa shape index (κ2) is 9.62. The molecule has 0 bridgehead atoms. The molecule has 3 amide bonds. The van der Waals surface area contributed by atoms with Gasteiger partial charge in [0, 0.05) is 18.1 Å². The highest BCUT2D eigenvalue weighted by Gasteiger charge is 2.34. The predicted octanol–water partition coefficient (Wildman–Crippen LogP) is 3.74. The molecule has 2 aromatic rings. The second-order valence-corrected chi connectivity index (χ2v) is 7.69. The highest BCUT2D eigenvalue weighted by atomic mass is 35.5. The lowest BCUT2D eigenvalue weighted by molar-refractivity contribution is -0.124. The first kappa shape index (κ1) is 21.0. The summed E-state index contributed by atoms with van der Waals surface area (Å²) >= 11 is 6.74. The van der Waals surface area contributed by atoms with Crippen molar-refractivity contribution in [2.24, 2.45) is 0 Å². The van der Waals surface area contributed by atoms with Crippen LogP contribution >= 0.6 is 23.4 Å². The molecule has 1 aliphatic rings. The maximum Gasteiger partial charge on any atom is 0.293 e. The first-order valence-electron chi connectivity index (χ1n) is 8.87. The molecule has 0 spiro atoms. The van der Waals surface area contributed by atoms with Gasteiger partial charge in [-0.05, 0) is 53.2 Å². The zero-order chi connectivity index (χ0) is 20.8. The number of carbonyl (C=O) groups is 3. The first-order chi connectivity index (χ1) is 14.0. The Balaban J connectivity index is 1.52. The number of nitrogens with one attached hydrogen (secondary N) is 1. The van der Waals surface area contributed by atoms with Crippen molar-refractivity contribution >= 4 is 46.5 Å². The fourth-order valence-corrected chi connectivity index (χ4v) is 3.73. The van der Waals surface area contributed by atoms with Crippen molar-refractivity contribution in [3.8, 4) is 5.75 Å². The molecule has 1 heterocycles. The molecule has 8 heteroatoms. The highest BCUT2D eigenvalue weighted by molar-refractivity contribution is 8.18. The number of hydrogen-bond donors (Lipinski definition) is 1. The van der Waals surface area contributed by atoms with Gasteiger partial charge in [0.1, 0.15) is 5.75 Å². The Kier molecular flexibility index (Phi) is 6.95. The normalized spacial score (nSPS) is 15.1. The van der Waals surface area contributed by atoms with E-state index in [-0.39, 0.29) is 36.6 Å². The van der Waals surface area contributed by atoms with Crippen molar-refractivity contribution < 1.29 is 19.1 Å². The molecule has 3 rings (SSSR count). The third-order valence-electron chi connectivity index (χ3n) is 4.20. The van der Waals surface area contributed by atoms with Gasteiger partial charge in [-0.3, -0.25) is 19.3 Å². The number of rotatable bonds is 7. The van der Waals surface area contributed by atoms with Crippen LogP contribution in [0.2, 0.25) is 5.02 Å². The number of imide groups is 1. The van der Waals surface area contributed by atoms with E-state index in [0.29, 0.717) is 15.7 Å². The molecule has 1 N–H and O–H groups in total. The van der Waals surface area contributed by atoms with Gasteiger partial charge in [-0.1, -0.05) is 35.9 Å². The number of thioether (sulfide) groups is 1. The molecule has 6 nitrogen and oxygen atoms in total. The number of ether oxygens (including phenoxy) is 1. The van der Waals surface area contributed by atoms with E-state index < -0.39 is 0 Å². The van der Waals surface area contributed by atoms with Gasteiger partial charge in [0.05, 0.1) is 18.4 Å². The molecule has 0 aromatic heterocycles. The van der Waals surface area contributed by atoms with Crippen LogP contribution in [0.5, 0.6) is 5.75 Å². The van der Waals surface area contributed by atoms with Crippen LogP contribution in [0.4, 0.5) is 4.79 Å². The van der Waals surface area contributed by atoms with Gasteiger partial charge in [-0.25, -0.2) is 0 Å². The highest BCUT2D eigenvalue weighted by Crippen LogP contribution is 2.32. The zero-order valence-corrected chi connectivity index (χ0v) is 17.3. The van der Waals surface area contributed by atoms with E-state index in [1.165, 1.54) is 0 Å². The molecule has 0 saturated carbocycles. The summed E-state index contributed by atoms with van der Waals surface area (Å²) in [5.74, 6) is 0.125. The summed E-state index contributed by atoms with van der Waals surface area (Å²) in [6, 6.07) is 14.2. The standard InChI is InChI=1S/C21H19ClN2O4S/c1-28-17-4-2-3-15(11-17)13-19(25)23-9-10-24-20(26)18(29-21(24)27)12-14-5-7-16(22)8-6-14/h2-8,11-12H,9-10,13H2,1H3,(H,23,25). The van der Waals surface area contributed by atoms with Crippen molar-refractivity contribution in [2.75, 3.05) is 20.2 Å². The molecule has 0 radical (unpaired) electrons. The van der Waals surface area contributed by atoms with Gasteiger partial charge in [0.15, 0.2) is 0 Å². The molecular weight excluding hydrogens is 412 g/mol. The topological polar surface area (TPSA) is 75.7 Å². The largest absolute Gasteiger partial charge is 0.497 e. The number of hydrogen-bond acceptors (Lipinski definition) is 5. The fourth-order valence-electron chi connectivity index (χ4n) is 2.74. The Hall–Kier alpha value is -2.77. The van der Waals surface area contributed by atoms with E-state index in [0.717, 1.165) is 27.8 Å². The van der Waals surface area contributed by atoms with E-state index in [1.807, 2.05) is 12.1 Å². The summed E-state index contributed by atoms with van der Waals surface area (Å²) in [7, 11) is 1.57. The Morgan fingerprint density at radius 3 is 2.69 bits per heavy atom. The molecule has 29 heavy (non-hydrogen) atoms. The van der Waals surface area contributed by atoms with Crippen LogP contribution in [-0.4, -0.2) is 42.2 Å². The van der Waals surface area contributed by atoms with Crippen LogP contribution in [0.15, 0.2) is 53.4 Å². The Morgan fingerprint density at radius 1 is 1.21 bits per heavy atom. The summed E-state index contributed by atoms with van der Waals surface area (Å²) in [4.78, 5) is 38.2. The third-order valence-corrected chi connectivity index (χ3v) is 5.36. The van der Waals surface area contributed by atoms with Crippen LogP contribution in [-0.2, 0) is 16.0 Å². The van der Waals surface area contributed by atoms with Crippen molar-refractivity contribution in [1.82, 2.24) is 10.2 Å². The van der Waals surface area contributed by atoms with Gasteiger partial charge >= 0.3 is 0 Å². The van der Waals surface area contributed by atoms with Crippen molar-refractivity contribution in [3.05, 3.63) is 69.6 Å². The van der Waals surface area contributed by atoms with Crippen LogP contribution in [0, 0.1) is 0 Å². The predicted molar refractivity (Wildman–Crippen MR) is 114 cm³/mol. The van der Waals surface area contributed by atoms with Crippen LogP contribution < -0.4 is 10.1 Å². The van der Waals surface area contributed by atoms with Crippen molar-refractivity contribution in [1.29, 1.82) is 0 Å². The number of methoxy groups -OCH3 is 1. The minimum atomic E-state index is -0.364. The lowest BCUT2D eigenvalue weighted by Gasteiger charge is -2.13. The quantitative estimate of drug-likeness (QED) is 0.677. The summed E-state index contributed by atoms with van der Waals surface area (Å²) in [5.41, 5.74) is 1.60. The van der Waals surface area contributed by atoms with E-state index in [1.54, 1.807) is 49.6 Å². The number of amides is 3. The summed E-state index contributed by atoms with van der Waals surface area (Å²) in [6.07, 6.45) is 1.85.